The molecule has 2 aromatic rings. The molecule has 0 spiro atoms. The number of carbonyl (C=O) groups is 1. The van der Waals surface area contributed by atoms with Crippen LogP contribution >= 0.6 is 0 Å². The van der Waals surface area contributed by atoms with Crippen molar-refractivity contribution in [3.05, 3.63) is 54.5 Å². The predicted octanol–water partition coefficient (Wildman–Crippen LogP) is 2.22. The Labute approximate surface area is 118 Å². The van der Waals surface area contributed by atoms with Gasteiger partial charge in [-0.1, -0.05) is 18.2 Å². The lowest BCUT2D eigenvalue weighted by Crippen LogP contribution is -2.37. The zero-order valence-electron chi connectivity index (χ0n) is 11.3. The first-order valence-corrected chi connectivity index (χ1v) is 6.93. The molecule has 1 unspecified atom stereocenters. The molecule has 1 aromatic heterocycles. The molecule has 0 aliphatic carbocycles. The second-order valence-electron chi connectivity index (χ2n) is 5.09. The summed E-state index contributed by atoms with van der Waals surface area (Å²) in [6.45, 7) is 1.85. The van der Waals surface area contributed by atoms with Crippen molar-refractivity contribution in [1.82, 2.24) is 5.32 Å². The molecule has 1 saturated heterocycles. The number of hydrogen-bond donors (Lipinski definition) is 1. The first-order chi connectivity index (χ1) is 9.81. The van der Waals surface area contributed by atoms with E-state index in [0.717, 1.165) is 19.5 Å². The van der Waals surface area contributed by atoms with Crippen LogP contribution in [0, 0.1) is 0 Å². The zero-order valence-corrected chi connectivity index (χ0v) is 11.3. The van der Waals surface area contributed by atoms with Crippen LogP contribution in [0.3, 0.4) is 0 Å². The number of rotatable bonds is 4. The molecule has 1 aliphatic heterocycles. The predicted molar refractivity (Wildman–Crippen MR) is 77.6 cm³/mol. The van der Waals surface area contributed by atoms with E-state index < -0.39 is 0 Å². The van der Waals surface area contributed by atoms with Crippen molar-refractivity contribution in [3.63, 3.8) is 0 Å². The van der Waals surface area contributed by atoms with Crippen LogP contribution in [0.15, 0.2) is 53.1 Å². The first kappa shape index (κ1) is 12.8. The largest absolute Gasteiger partial charge is 0.469 e. The zero-order chi connectivity index (χ0) is 13.8. The fourth-order valence-electron chi connectivity index (χ4n) is 2.60. The van der Waals surface area contributed by atoms with Crippen molar-refractivity contribution in [3.8, 4) is 0 Å². The third-order valence-corrected chi connectivity index (χ3v) is 3.59. The Hall–Kier alpha value is -2.23. The van der Waals surface area contributed by atoms with Crippen LogP contribution < -0.4 is 10.2 Å². The summed E-state index contributed by atoms with van der Waals surface area (Å²) < 4.78 is 5.19. The van der Waals surface area contributed by atoms with Gasteiger partial charge in [0.1, 0.15) is 5.76 Å². The van der Waals surface area contributed by atoms with Gasteiger partial charge in [0.2, 0.25) is 5.91 Å². The van der Waals surface area contributed by atoms with Gasteiger partial charge in [-0.15, -0.1) is 0 Å². The lowest BCUT2D eigenvalue weighted by molar-refractivity contribution is -0.121. The van der Waals surface area contributed by atoms with Gasteiger partial charge in [-0.25, -0.2) is 0 Å². The minimum absolute atomic E-state index is 0.0276. The molecule has 0 bridgehead atoms. The van der Waals surface area contributed by atoms with Crippen LogP contribution in [0.5, 0.6) is 0 Å². The third kappa shape index (κ3) is 3.02. The van der Waals surface area contributed by atoms with E-state index in [4.69, 9.17) is 4.42 Å². The molecule has 1 fully saturated rings. The molecule has 1 atom stereocenters. The summed E-state index contributed by atoms with van der Waals surface area (Å²) in [5, 5.41) is 3.08. The maximum Gasteiger partial charge on any atom is 0.227 e. The molecule has 1 aliphatic rings. The van der Waals surface area contributed by atoms with Crippen LogP contribution in [-0.4, -0.2) is 25.0 Å². The highest BCUT2D eigenvalue weighted by molar-refractivity contribution is 5.78. The van der Waals surface area contributed by atoms with E-state index in [-0.39, 0.29) is 11.9 Å². The molecular formula is C16H18N2O2. The van der Waals surface area contributed by atoms with Gasteiger partial charge in [0.05, 0.1) is 12.7 Å². The Morgan fingerprint density at radius 2 is 2.10 bits per heavy atom. The number of furan rings is 1. The highest BCUT2D eigenvalue weighted by atomic mass is 16.3. The number of hydrogen-bond acceptors (Lipinski definition) is 3. The van der Waals surface area contributed by atoms with Gasteiger partial charge in [-0.2, -0.15) is 0 Å². The SMILES string of the molecule is O=C(Cc1ccco1)NC1CCN(c2ccccc2)C1. The normalized spacial score (nSPS) is 18.2. The van der Waals surface area contributed by atoms with E-state index in [1.807, 2.05) is 24.3 Å². The number of anilines is 1. The Kier molecular flexibility index (Phi) is 3.72. The van der Waals surface area contributed by atoms with E-state index in [0.29, 0.717) is 12.2 Å². The molecule has 1 aromatic carbocycles. The number of amides is 1. The second-order valence-corrected chi connectivity index (χ2v) is 5.09. The number of para-hydroxylation sites is 1. The van der Waals surface area contributed by atoms with Crippen LogP contribution in [0.1, 0.15) is 12.2 Å². The monoisotopic (exact) mass is 270 g/mol. The topological polar surface area (TPSA) is 45.5 Å². The molecule has 3 rings (SSSR count). The van der Waals surface area contributed by atoms with Crippen molar-refractivity contribution < 1.29 is 9.21 Å². The average Bonchev–Trinajstić information content (AvgIpc) is 3.11. The van der Waals surface area contributed by atoms with E-state index in [1.54, 1.807) is 12.3 Å². The van der Waals surface area contributed by atoms with Gasteiger partial charge in [-0.05, 0) is 30.7 Å². The molecule has 1 N–H and O–H groups in total. The van der Waals surface area contributed by atoms with E-state index in [1.165, 1.54) is 5.69 Å². The van der Waals surface area contributed by atoms with Crippen LogP contribution in [-0.2, 0) is 11.2 Å². The fraction of sp³-hybridized carbons (Fsp3) is 0.312. The molecule has 104 valence electrons. The quantitative estimate of drug-likeness (QED) is 0.926. The smallest absolute Gasteiger partial charge is 0.227 e. The van der Waals surface area contributed by atoms with Crippen molar-refractivity contribution >= 4 is 11.6 Å². The van der Waals surface area contributed by atoms with Crippen molar-refractivity contribution in [2.24, 2.45) is 0 Å². The minimum atomic E-state index is 0.0276. The Balaban J connectivity index is 1.52. The number of benzene rings is 1. The lowest BCUT2D eigenvalue weighted by Gasteiger charge is -2.18. The Morgan fingerprint density at radius 3 is 2.85 bits per heavy atom. The van der Waals surface area contributed by atoms with Gasteiger partial charge < -0.3 is 14.6 Å². The fourth-order valence-corrected chi connectivity index (χ4v) is 2.60. The van der Waals surface area contributed by atoms with Crippen LogP contribution in [0.25, 0.3) is 0 Å². The standard InChI is InChI=1S/C16H18N2O2/c19-16(11-15-7-4-10-20-15)17-13-8-9-18(12-13)14-5-2-1-3-6-14/h1-7,10,13H,8-9,11-12H2,(H,17,19). The van der Waals surface area contributed by atoms with Gasteiger partial charge in [0.25, 0.3) is 0 Å². The highest BCUT2D eigenvalue weighted by Gasteiger charge is 2.24. The lowest BCUT2D eigenvalue weighted by atomic mass is 10.2. The summed E-state index contributed by atoms with van der Waals surface area (Å²) in [7, 11) is 0. The number of nitrogens with one attached hydrogen (secondary N) is 1. The van der Waals surface area contributed by atoms with E-state index in [9.17, 15) is 4.79 Å². The van der Waals surface area contributed by atoms with Crippen molar-refractivity contribution in [2.75, 3.05) is 18.0 Å². The highest BCUT2D eigenvalue weighted by Crippen LogP contribution is 2.19. The summed E-state index contributed by atoms with van der Waals surface area (Å²) in [6.07, 6.45) is 2.89. The minimum Gasteiger partial charge on any atom is -0.469 e. The average molecular weight is 270 g/mol. The molecule has 0 radical (unpaired) electrons. The van der Waals surface area contributed by atoms with E-state index in [2.05, 4.69) is 22.3 Å². The van der Waals surface area contributed by atoms with Gasteiger partial charge in [0, 0.05) is 24.8 Å². The summed E-state index contributed by atoms with van der Waals surface area (Å²) in [5.74, 6) is 0.736. The molecule has 20 heavy (non-hydrogen) atoms. The van der Waals surface area contributed by atoms with Gasteiger partial charge in [0.15, 0.2) is 0 Å². The maximum absolute atomic E-state index is 11.9. The molecule has 0 saturated carbocycles. The summed E-state index contributed by atoms with van der Waals surface area (Å²) in [5.41, 5.74) is 1.22. The molecule has 1 amide bonds. The Bertz CT molecular complexity index is 551. The van der Waals surface area contributed by atoms with Crippen molar-refractivity contribution in [2.45, 2.75) is 18.9 Å². The molecule has 2 heterocycles. The summed E-state index contributed by atoms with van der Waals surface area (Å²) >= 11 is 0. The molecule has 4 nitrogen and oxygen atoms in total. The third-order valence-electron chi connectivity index (χ3n) is 3.59. The van der Waals surface area contributed by atoms with Crippen LogP contribution in [0.4, 0.5) is 5.69 Å². The van der Waals surface area contributed by atoms with Gasteiger partial charge in [-0.3, -0.25) is 4.79 Å². The summed E-state index contributed by atoms with van der Waals surface area (Å²) in [4.78, 5) is 14.2. The molecular weight excluding hydrogens is 252 g/mol. The Morgan fingerprint density at radius 1 is 1.25 bits per heavy atom. The summed E-state index contributed by atoms with van der Waals surface area (Å²) in [6, 6.07) is 14.1. The molecule has 4 heteroatoms. The number of nitrogens with zero attached hydrogens (tertiary/aromatic N) is 1. The first-order valence-electron chi connectivity index (χ1n) is 6.93. The maximum atomic E-state index is 11.9. The second kappa shape index (κ2) is 5.82. The van der Waals surface area contributed by atoms with Crippen LogP contribution in [0.2, 0.25) is 0 Å². The van der Waals surface area contributed by atoms with E-state index >= 15 is 0 Å². The van der Waals surface area contributed by atoms with Crippen molar-refractivity contribution in [1.29, 1.82) is 0 Å². The van der Waals surface area contributed by atoms with Gasteiger partial charge >= 0.3 is 0 Å². The number of carbonyl (C=O) groups excluding carboxylic acids is 1.